The first-order chi connectivity index (χ1) is 12.3. The monoisotopic (exact) mass is 356 g/mol. The smallest absolute Gasteiger partial charge is 0.253 e. The van der Waals surface area contributed by atoms with E-state index < -0.39 is 23.5 Å². The molecule has 1 unspecified atom stereocenters. The summed E-state index contributed by atoms with van der Waals surface area (Å²) in [5.41, 5.74) is 2.23. The van der Waals surface area contributed by atoms with Gasteiger partial charge in [-0.15, -0.1) is 0 Å². The Morgan fingerprint density at radius 2 is 1.85 bits per heavy atom. The second-order valence-corrected chi connectivity index (χ2v) is 6.39. The number of hydrogen-bond donors (Lipinski definition) is 1. The average molecular weight is 356 g/mol. The van der Waals surface area contributed by atoms with Crippen LogP contribution in [0.5, 0.6) is 0 Å². The summed E-state index contributed by atoms with van der Waals surface area (Å²) in [5.74, 6) is -3.27. The van der Waals surface area contributed by atoms with Crippen LogP contribution >= 0.6 is 0 Å². The number of carbonyl (C=O) groups is 2. The number of nitrogens with one attached hydrogen (secondary N) is 1. The highest BCUT2D eigenvalue weighted by Gasteiger charge is 2.19. The summed E-state index contributed by atoms with van der Waals surface area (Å²) in [6.45, 7) is 4.19. The van der Waals surface area contributed by atoms with Crippen LogP contribution in [-0.2, 0) is 4.79 Å². The van der Waals surface area contributed by atoms with Gasteiger partial charge >= 0.3 is 0 Å². The highest BCUT2D eigenvalue weighted by Crippen LogP contribution is 2.11. The molecule has 2 aromatic rings. The fraction of sp³-hybridized carbons (Fsp3) is 0.250. The molecule has 0 aliphatic carbocycles. The number of nitrogens with zero attached hydrogens (tertiary/aromatic N) is 1. The lowest BCUT2D eigenvalue weighted by atomic mass is 9.98. The predicted molar refractivity (Wildman–Crippen MR) is 93.0 cm³/mol. The summed E-state index contributed by atoms with van der Waals surface area (Å²) < 4.78 is 26.1. The average Bonchev–Trinajstić information content (AvgIpc) is 2.59. The lowest BCUT2D eigenvalue weighted by Gasteiger charge is -2.13. The van der Waals surface area contributed by atoms with Crippen molar-refractivity contribution in [3.05, 3.63) is 69.2 Å². The zero-order valence-corrected chi connectivity index (χ0v) is 14.5. The van der Waals surface area contributed by atoms with E-state index in [1.807, 2.05) is 32.1 Å². The Morgan fingerprint density at radius 1 is 1.12 bits per heavy atom. The van der Waals surface area contributed by atoms with Crippen LogP contribution in [0.15, 0.2) is 35.3 Å². The Hall–Kier alpha value is -2.89. The number of rotatable bonds is 4. The van der Waals surface area contributed by atoms with Gasteiger partial charge in [-0.3, -0.25) is 9.59 Å². The fourth-order valence-corrected chi connectivity index (χ4v) is 2.83. The van der Waals surface area contributed by atoms with E-state index in [1.165, 1.54) is 6.07 Å². The summed E-state index contributed by atoms with van der Waals surface area (Å²) in [6, 6.07) is 6.85. The highest BCUT2D eigenvalue weighted by atomic mass is 19.2. The fourth-order valence-electron chi connectivity index (χ4n) is 2.83. The molecule has 0 saturated heterocycles. The van der Waals surface area contributed by atoms with Gasteiger partial charge in [0.05, 0.1) is 11.3 Å². The standard InChI is InChI=1S/C20H18F2N2O2/c1-11-7-15-9-14(20(26)24-18(15)8-12(11)2)5-6-23-19(25)13-3-4-16(21)17(22)10-13/h3-4,7-10,14H,5-6H2,1-2H3,(H,23,25). The Kier molecular flexibility index (Phi) is 4.93. The minimum atomic E-state index is -1.07. The van der Waals surface area contributed by atoms with Gasteiger partial charge in [-0.05, 0) is 66.9 Å². The second-order valence-electron chi connectivity index (χ2n) is 6.39. The third kappa shape index (κ3) is 3.69. The molecule has 134 valence electrons. The molecule has 6 heteroatoms. The molecule has 1 aliphatic rings. The molecule has 1 atom stereocenters. The van der Waals surface area contributed by atoms with Crippen LogP contribution in [0.1, 0.15) is 27.9 Å². The largest absolute Gasteiger partial charge is 0.352 e. The van der Waals surface area contributed by atoms with Crippen molar-refractivity contribution >= 4 is 17.9 Å². The van der Waals surface area contributed by atoms with Crippen molar-refractivity contribution in [3.63, 3.8) is 0 Å². The van der Waals surface area contributed by atoms with E-state index in [4.69, 9.17) is 0 Å². The Balaban J connectivity index is 1.67. The van der Waals surface area contributed by atoms with Crippen molar-refractivity contribution in [2.45, 2.75) is 20.3 Å². The molecular formula is C20H18F2N2O2. The van der Waals surface area contributed by atoms with E-state index in [0.29, 0.717) is 11.8 Å². The van der Waals surface area contributed by atoms with Gasteiger partial charge in [0.15, 0.2) is 11.6 Å². The first kappa shape index (κ1) is 17.9. The molecule has 2 amide bonds. The van der Waals surface area contributed by atoms with Crippen LogP contribution in [0.25, 0.3) is 6.08 Å². The van der Waals surface area contributed by atoms with Crippen molar-refractivity contribution in [1.29, 1.82) is 0 Å². The van der Waals surface area contributed by atoms with Crippen LogP contribution in [0.3, 0.4) is 0 Å². The van der Waals surface area contributed by atoms with Gasteiger partial charge in [0.2, 0.25) is 0 Å². The molecule has 1 heterocycles. The third-order valence-electron chi connectivity index (χ3n) is 4.49. The molecule has 0 spiro atoms. The van der Waals surface area contributed by atoms with E-state index in [2.05, 4.69) is 10.3 Å². The molecule has 4 nitrogen and oxygen atoms in total. The van der Waals surface area contributed by atoms with Gasteiger partial charge in [0, 0.05) is 12.1 Å². The quantitative estimate of drug-likeness (QED) is 0.910. The lowest BCUT2D eigenvalue weighted by Crippen LogP contribution is -2.36. The minimum absolute atomic E-state index is 0.0315. The highest BCUT2D eigenvalue weighted by molar-refractivity contribution is 5.94. The molecule has 1 N–H and O–H groups in total. The Bertz CT molecular complexity index is 1020. The van der Waals surface area contributed by atoms with Crippen molar-refractivity contribution in [3.8, 4) is 0 Å². The molecule has 26 heavy (non-hydrogen) atoms. The normalized spacial score (nSPS) is 15.7. The number of benzene rings is 2. The number of amides is 2. The van der Waals surface area contributed by atoms with Crippen LogP contribution in [0, 0.1) is 31.4 Å². The van der Waals surface area contributed by atoms with Crippen molar-refractivity contribution in [2.75, 3.05) is 6.54 Å². The Morgan fingerprint density at radius 3 is 2.58 bits per heavy atom. The SMILES string of the molecule is Cc1cc2c(cc1C)=NC(=O)C(CCNC(=O)c1ccc(F)c(F)c1)C=2. The maximum Gasteiger partial charge on any atom is 0.253 e. The van der Waals surface area contributed by atoms with E-state index in [0.717, 1.165) is 28.5 Å². The number of carbonyl (C=O) groups excluding carboxylic acids is 2. The summed E-state index contributed by atoms with van der Waals surface area (Å²) in [7, 11) is 0. The van der Waals surface area contributed by atoms with E-state index in [-0.39, 0.29) is 18.0 Å². The molecule has 3 rings (SSSR count). The molecule has 1 aliphatic heterocycles. The number of halogens is 2. The maximum atomic E-state index is 13.2. The lowest BCUT2D eigenvalue weighted by molar-refractivity contribution is -0.120. The molecule has 0 radical (unpaired) electrons. The number of aryl methyl sites for hydroxylation is 2. The van der Waals surface area contributed by atoms with Crippen molar-refractivity contribution in [2.24, 2.45) is 10.9 Å². The Labute approximate surface area is 149 Å². The summed E-state index contributed by atoms with van der Waals surface area (Å²) in [4.78, 5) is 28.3. The third-order valence-corrected chi connectivity index (χ3v) is 4.49. The zero-order chi connectivity index (χ0) is 18.8. The summed E-state index contributed by atoms with van der Waals surface area (Å²) in [6.07, 6.45) is 2.24. The predicted octanol–water partition coefficient (Wildman–Crippen LogP) is 1.96. The van der Waals surface area contributed by atoms with E-state index in [1.54, 1.807) is 0 Å². The van der Waals surface area contributed by atoms with Gasteiger partial charge in [0.25, 0.3) is 11.8 Å². The summed E-state index contributed by atoms with van der Waals surface area (Å²) >= 11 is 0. The molecule has 0 saturated carbocycles. The van der Waals surface area contributed by atoms with Crippen molar-refractivity contribution < 1.29 is 18.4 Å². The molecule has 0 fully saturated rings. The first-order valence-electron chi connectivity index (χ1n) is 8.30. The van der Waals surface area contributed by atoms with Gasteiger partial charge in [-0.25, -0.2) is 13.8 Å². The first-order valence-corrected chi connectivity index (χ1v) is 8.30. The number of hydrogen-bond acceptors (Lipinski definition) is 2. The van der Waals surface area contributed by atoms with Gasteiger partial charge in [0.1, 0.15) is 0 Å². The van der Waals surface area contributed by atoms with Crippen molar-refractivity contribution in [1.82, 2.24) is 5.32 Å². The van der Waals surface area contributed by atoms with Crippen LogP contribution < -0.4 is 15.9 Å². The van der Waals surface area contributed by atoms with Gasteiger partial charge in [-0.1, -0.05) is 6.08 Å². The van der Waals surface area contributed by atoms with Crippen LogP contribution in [-0.4, -0.2) is 18.4 Å². The summed E-state index contributed by atoms with van der Waals surface area (Å²) in [5, 5.41) is 4.19. The second kappa shape index (κ2) is 7.15. The van der Waals surface area contributed by atoms with Gasteiger partial charge < -0.3 is 5.32 Å². The topological polar surface area (TPSA) is 58.5 Å². The van der Waals surface area contributed by atoms with Crippen LogP contribution in [0.2, 0.25) is 0 Å². The number of fused-ring (bicyclic) bond motifs is 1. The van der Waals surface area contributed by atoms with E-state index in [9.17, 15) is 18.4 Å². The molecule has 0 bridgehead atoms. The molecular weight excluding hydrogens is 338 g/mol. The molecule has 2 aromatic carbocycles. The molecule has 0 aromatic heterocycles. The van der Waals surface area contributed by atoms with Crippen LogP contribution in [0.4, 0.5) is 8.78 Å². The minimum Gasteiger partial charge on any atom is -0.352 e. The van der Waals surface area contributed by atoms with E-state index >= 15 is 0 Å². The zero-order valence-electron chi connectivity index (χ0n) is 14.5. The maximum absolute atomic E-state index is 13.2. The van der Waals surface area contributed by atoms with Gasteiger partial charge in [-0.2, -0.15) is 0 Å².